The third kappa shape index (κ3) is 5.57. The molecule has 1 rings (SSSR count). The van der Waals surface area contributed by atoms with E-state index in [2.05, 4.69) is 10.2 Å². The van der Waals surface area contributed by atoms with E-state index in [1.54, 1.807) is 31.4 Å². The van der Waals surface area contributed by atoms with Crippen molar-refractivity contribution >= 4 is 47.1 Å². The lowest BCUT2D eigenvalue weighted by atomic mass is 10.3. The van der Waals surface area contributed by atoms with Gasteiger partial charge in [-0.15, -0.1) is 17.5 Å². The van der Waals surface area contributed by atoms with E-state index in [1.807, 2.05) is 13.8 Å². The van der Waals surface area contributed by atoms with Gasteiger partial charge in [0.1, 0.15) is 5.75 Å². The molecule has 0 aromatic heterocycles. The molecule has 0 fully saturated rings. The minimum Gasteiger partial charge on any atom is -0.497 e. The fraction of sp³-hybridized carbons (Fsp3) is 0.308. The van der Waals surface area contributed by atoms with Crippen LogP contribution in [0, 0.1) is 0 Å². The Balaban J connectivity index is 0.00000400. The summed E-state index contributed by atoms with van der Waals surface area (Å²) in [4.78, 5) is 1.45. The summed E-state index contributed by atoms with van der Waals surface area (Å²) in [6.45, 7) is 3.86. The van der Waals surface area contributed by atoms with Gasteiger partial charge in [-0.1, -0.05) is 6.92 Å². The van der Waals surface area contributed by atoms with Gasteiger partial charge >= 0.3 is 0 Å². The van der Waals surface area contributed by atoms with Gasteiger partial charge in [-0.25, -0.2) is 0 Å². The number of ether oxygens (including phenoxy) is 1. The van der Waals surface area contributed by atoms with Crippen molar-refractivity contribution in [2.75, 3.05) is 12.0 Å². The van der Waals surface area contributed by atoms with Crippen LogP contribution in [0.1, 0.15) is 20.3 Å². The summed E-state index contributed by atoms with van der Waals surface area (Å²) < 4.78 is 5.10. The van der Waals surface area contributed by atoms with Crippen molar-refractivity contribution in [2.45, 2.75) is 20.3 Å². The number of thiocarbonyl (C=S) groups is 1. The molecule has 0 spiro atoms. The minimum absolute atomic E-state index is 0. The second kappa shape index (κ2) is 9.15. The van der Waals surface area contributed by atoms with E-state index in [1.165, 1.54) is 4.90 Å². The molecule has 0 aliphatic rings. The molecule has 0 atom stereocenters. The number of benzene rings is 1. The van der Waals surface area contributed by atoms with Gasteiger partial charge in [-0.3, -0.25) is 4.90 Å². The molecule has 116 valence electrons. The third-order valence-corrected chi connectivity index (χ3v) is 2.80. The first kappa shape index (κ1) is 19.1. The number of guanidine groups is 1. The first-order chi connectivity index (χ1) is 9.49. The molecule has 0 unspecified atom stereocenters. The average Bonchev–Trinajstić information content (AvgIpc) is 2.45. The lowest BCUT2D eigenvalue weighted by molar-refractivity contribution is 0.415. The summed E-state index contributed by atoms with van der Waals surface area (Å²) in [6, 6.07) is 7.15. The maximum Gasteiger partial charge on any atom is 0.227 e. The Morgan fingerprint density at radius 3 is 2.24 bits per heavy atom. The summed E-state index contributed by atoms with van der Waals surface area (Å²) in [5.74, 6) is 0.850. The van der Waals surface area contributed by atoms with Gasteiger partial charge in [0.25, 0.3) is 0 Å². The van der Waals surface area contributed by atoms with Crippen molar-refractivity contribution in [3.8, 4) is 5.75 Å². The average molecular weight is 330 g/mol. The zero-order valence-electron chi connectivity index (χ0n) is 12.2. The highest BCUT2D eigenvalue weighted by molar-refractivity contribution is 7.80. The fourth-order valence-electron chi connectivity index (χ4n) is 1.36. The Labute approximate surface area is 136 Å². The maximum absolute atomic E-state index is 5.89. The van der Waals surface area contributed by atoms with E-state index in [0.29, 0.717) is 5.69 Å². The standard InChI is InChI=1S/C13H19N5OS.ClH/c1-4-9(2)16-17-12(14)18(13(15)20)10-5-7-11(19-3)8-6-10;/h5-8H,4H2,1-3H3,(H2,14,17)(H2,15,20);1H/b16-9+;. The van der Waals surface area contributed by atoms with Crippen LogP contribution in [0.25, 0.3) is 0 Å². The zero-order chi connectivity index (χ0) is 15.1. The quantitative estimate of drug-likeness (QED) is 0.383. The summed E-state index contributed by atoms with van der Waals surface area (Å²) in [5.41, 5.74) is 13.2. The first-order valence-electron chi connectivity index (χ1n) is 6.09. The number of halogens is 1. The number of hydrogen-bond acceptors (Lipinski definition) is 4. The lowest BCUT2D eigenvalue weighted by Gasteiger charge is -2.21. The molecule has 0 aliphatic carbocycles. The highest BCUT2D eigenvalue weighted by Crippen LogP contribution is 2.19. The topological polar surface area (TPSA) is 89.2 Å². The predicted molar refractivity (Wildman–Crippen MR) is 94.5 cm³/mol. The summed E-state index contributed by atoms with van der Waals surface area (Å²) in [7, 11) is 1.60. The molecule has 8 heteroatoms. The molecular formula is C13H20ClN5OS. The van der Waals surface area contributed by atoms with Gasteiger partial charge in [0.05, 0.1) is 12.8 Å². The van der Waals surface area contributed by atoms with Gasteiger partial charge in [0.2, 0.25) is 5.96 Å². The van der Waals surface area contributed by atoms with Gasteiger partial charge in [-0.05, 0) is 49.8 Å². The van der Waals surface area contributed by atoms with Crippen LogP contribution in [-0.4, -0.2) is 23.9 Å². The monoisotopic (exact) mass is 329 g/mol. The van der Waals surface area contributed by atoms with Crippen LogP contribution in [0.15, 0.2) is 34.5 Å². The third-order valence-electron chi connectivity index (χ3n) is 2.61. The van der Waals surface area contributed by atoms with E-state index < -0.39 is 0 Å². The zero-order valence-corrected chi connectivity index (χ0v) is 13.9. The SMILES string of the molecule is CC/C(C)=N/N=C(\N)N(C(N)=S)c1ccc(OC)cc1.Cl. The molecule has 4 N–H and O–H groups in total. The van der Waals surface area contributed by atoms with Crippen LogP contribution in [0.5, 0.6) is 5.75 Å². The molecule has 0 heterocycles. The van der Waals surface area contributed by atoms with Gasteiger partial charge in [0, 0.05) is 5.71 Å². The van der Waals surface area contributed by atoms with Crippen molar-refractivity contribution in [3.63, 3.8) is 0 Å². The largest absolute Gasteiger partial charge is 0.497 e. The minimum atomic E-state index is 0. The van der Waals surface area contributed by atoms with E-state index in [4.69, 9.17) is 28.4 Å². The highest BCUT2D eigenvalue weighted by atomic mass is 35.5. The summed E-state index contributed by atoms with van der Waals surface area (Å²) >= 11 is 5.01. The molecule has 0 aliphatic heterocycles. The fourth-order valence-corrected chi connectivity index (χ4v) is 1.55. The van der Waals surface area contributed by atoms with Crippen molar-refractivity contribution in [3.05, 3.63) is 24.3 Å². The Morgan fingerprint density at radius 1 is 1.24 bits per heavy atom. The van der Waals surface area contributed by atoms with E-state index in [9.17, 15) is 0 Å². The highest BCUT2D eigenvalue weighted by Gasteiger charge is 2.14. The number of rotatable bonds is 4. The van der Waals surface area contributed by atoms with Crippen LogP contribution in [0.3, 0.4) is 0 Å². The molecule has 0 saturated heterocycles. The lowest BCUT2D eigenvalue weighted by Crippen LogP contribution is -2.45. The molecule has 6 nitrogen and oxygen atoms in total. The number of anilines is 1. The Kier molecular flexibility index (Phi) is 8.34. The van der Waals surface area contributed by atoms with Crippen LogP contribution in [-0.2, 0) is 0 Å². The van der Waals surface area contributed by atoms with E-state index >= 15 is 0 Å². The Morgan fingerprint density at radius 2 is 1.81 bits per heavy atom. The first-order valence-corrected chi connectivity index (χ1v) is 6.50. The summed E-state index contributed by atoms with van der Waals surface area (Å²) in [6.07, 6.45) is 0.798. The Hall–Kier alpha value is -1.86. The normalized spacial score (nSPS) is 11.6. The van der Waals surface area contributed by atoms with Gasteiger partial charge in [-0.2, -0.15) is 5.10 Å². The molecule has 0 saturated carbocycles. The molecule has 1 aromatic carbocycles. The van der Waals surface area contributed by atoms with Crippen molar-refractivity contribution in [1.29, 1.82) is 0 Å². The molecule has 0 bridgehead atoms. The van der Waals surface area contributed by atoms with Gasteiger partial charge in [0.15, 0.2) is 5.11 Å². The second-order valence-corrected chi connectivity index (χ2v) is 4.44. The maximum atomic E-state index is 5.89. The number of methoxy groups -OCH3 is 1. The number of nitrogens with zero attached hydrogens (tertiary/aromatic N) is 3. The molecule has 0 amide bonds. The molecular weight excluding hydrogens is 310 g/mol. The second-order valence-electron chi connectivity index (χ2n) is 4.02. The van der Waals surface area contributed by atoms with Crippen molar-refractivity contribution in [1.82, 2.24) is 0 Å². The molecule has 0 radical (unpaired) electrons. The smallest absolute Gasteiger partial charge is 0.227 e. The number of nitrogens with two attached hydrogens (primary N) is 2. The van der Waals surface area contributed by atoms with Crippen molar-refractivity contribution < 1.29 is 4.74 Å². The van der Waals surface area contributed by atoms with E-state index in [-0.39, 0.29) is 23.5 Å². The number of hydrogen-bond donors (Lipinski definition) is 2. The predicted octanol–water partition coefficient (Wildman–Crippen LogP) is 2.27. The van der Waals surface area contributed by atoms with Gasteiger partial charge < -0.3 is 16.2 Å². The van der Waals surface area contributed by atoms with Crippen LogP contribution in [0.4, 0.5) is 5.69 Å². The molecule has 1 aromatic rings. The molecule has 21 heavy (non-hydrogen) atoms. The van der Waals surface area contributed by atoms with E-state index in [0.717, 1.165) is 17.9 Å². The van der Waals surface area contributed by atoms with Crippen LogP contribution in [0.2, 0.25) is 0 Å². The Bertz CT molecular complexity index is 530. The summed E-state index contributed by atoms with van der Waals surface area (Å²) in [5, 5.41) is 8.05. The van der Waals surface area contributed by atoms with Crippen molar-refractivity contribution in [2.24, 2.45) is 21.7 Å². The van der Waals surface area contributed by atoms with Crippen LogP contribution < -0.4 is 21.1 Å². The van der Waals surface area contributed by atoms with Crippen LogP contribution >= 0.6 is 24.6 Å².